The van der Waals surface area contributed by atoms with Gasteiger partial charge in [-0.25, -0.2) is 0 Å². The molecule has 1 N–H and O–H groups in total. The molecular weight excluding hydrogens is 374 g/mol. The lowest BCUT2D eigenvalue weighted by Crippen LogP contribution is -2.50. The van der Waals surface area contributed by atoms with Crippen LogP contribution in [-0.2, 0) is 9.59 Å². The molecule has 1 aromatic rings. The van der Waals surface area contributed by atoms with E-state index in [2.05, 4.69) is 34.2 Å². The number of rotatable bonds is 7. The van der Waals surface area contributed by atoms with E-state index >= 15 is 0 Å². The standard InChI is InChI=1S/C25H39N3O2/c1-3-11-23(21-12-7-6-8-13-21)26-24(29)20(2)27-18-14-22(15-19-27)25(30)28-16-9-4-5-10-17-28/h6-8,12-13,20,22-23H,3-5,9-11,14-19H2,1-2H3,(H,26,29). The average molecular weight is 414 g/mol. The molecule has 2 aliphatic rings. The van der Waals surface area contributed by atoms with Gasteiger partial charge in [-0.05, 0) is 57.7 Å². The second kappa shape index (κ2) is 11.5. The van der Waals surface area contributed by atoms with Gasteiger partial charge in [0.1, 0.15) is 0 Å². The molecule has 2 saturated heterocycles. The van der Waals surface area contributed by atoms with Crippen LogP contribution in [0.25, 0.3) is 0 Å². The maximum absolute atomic E-state index is 13.0. The van der Waals surface area contributed by atoms with Crippen LogP contribution >= 0.6 is 0 Å². The summed E-state index contributed by atoms with van der Waals surface area (Å²) in [5, 5.41) is 3.27. The molecule has 2 unspecified atom stereocenters. The van der Waals surface area contributed by atoms with Crippen LogP contribution in [0.1, 0.15) is 76.8 Å². The second-order valence-electron chi connectivity index (χ2n) is 8.99. The zero-order valence-corrected chi connectivity index (χ0v) is 18.8. The summed E-state index contributed by atoms with van der Waals surface area (Å²) in [6.07, 6.45) is 8.47. The molecule has 2 heterocycles. The van der Waals surface area contributed by atoms with Crippen molar-refractivity contribution in [1.29, 1.82) is 0 Å². The van der Waals surface area contributed by atoms with E-state index in [9.17, 15) is 9.59 Å². The molecule has 5 nitrogen and oxygen atoms in total. The molecule has 2 aliphatic heterocycles. The van der Waals surface area contributed by atoms with Gasteiger partial charge in [0, 0.05) is 19.0 Å². The van der Waals surface area contributed by atoms with Gasteiger partial charge in [0.05, 0.1) is 12.1 Å². The van der Waals surface area contributed by atoms with Gasteiger partial charge in [0.25, 0.3) is 0 Å². The number of hydrogen-bond donors (Lipinski definition) is 1. The van der Waals surface area contributed by atoms with Crippen molar-refractivity contribution < 1.29 is 9.59 Å². The van der Waals surface area contributed by atoms with Crippen molar-refractivity contribution in [3.8, 4) is 0 Å². The lowest BCUT2D eigenvalue weighted by molar-refractivity contribution is -0.137. The minimum absolute atomic E-state index is 0.0632. The largest absolute Gasteiger partial charge is 0.348 e. The van der Waals surface area contributed by atoms with Crippen LogP contribution in [0, 0.1) is 5.92 Å². The quantitative estimate of drug-likeness (QED) is 0.731. The zero-order chi connectivity index (χ0) is 21.3. The van der Waals surface area contributed by atoms with Crippen LogP contribution in [0.5, 0.6) is 0 Å². The van der Waals surface area contributed by atoms with Gasteiger partial charge < -0.3 is 10.2 Å². The van der Waals surface area contributed by atoms with Gasteiger partial charge in [-0.1, -0.05) is 56.5 Å². The number of nitrogens with zero attached hydrogens (tertiary/aromatic N) is 2. The minimum Gasteiger partial charge on any atom is -0.348 e. The number of carbonyl (C=O) groups is 2. The Kier molecular flexibility index (Phi) is 8.74. The molecule has 166 valence electrons. The van der Waals surface area contributed by atoms with E-state index in [4.69, 9.17) is 0 Å². The molecule has 2 fully saturated rings. The van der Waals surface area contributed by atoms with E-state index in [0.29, 0.717) is 5.91 Å². The van der Waals surface area contributed by atoms with Crippen molar-refractivity contribution in [3.63, 3.8) is 0 Å². The summed E-state index contributed by atoms with van der Waals surface area (Å²) in [4.78, 5) is 30.2. The molecule has 2 amide bonds. The highest BCUT2D eigenvalue weighted by atomic mass is 16.2. The first-order valence-corrected chi connectivity index (χ1v) is 12.0. The van der Waals surface area contributed by atoms with Crippen molar-refractivity contribution >= 4 is 11.8 Å². The second-order valence-corrected chi connectivity index (χ2v) is 8.99. The van der Waals surface area contributed by atoms with Crippen LogP contribution in [0.15, 0.2) is 30.3 Å². The van der Waals surface area contributed by atoms with Crippen LogP contribution < -0.4 is 5.32 Å². The smallest absolute Gasteiger partial charge is 0.237 e. The van der Waals surface area contributed by atoms with E-state index < -0.39 is 0 Å². The molecule has 5 heteroatoms. The fourth-order valence-corrected chi connectivity index (χ4v) is 4.84. The fourth-order valence-electron chi connectivity index (χ4n) is 4.84. The lowest BCUT2D eigenvalue weighted by Gasteiger charge is -2.37. The molecule has 0 spiro atoms. The van der Waals surface area contributed by atoms with Gasteiger partial charge in [-0.3, -0.25) is 14.5 Å². The molecule has 1 aromatic carbocycles. The Balaban J connectivity index is 1.50. The topological polar surface area (TPSA) is 52.7 Å². The number of carbonyl (C=O) groups excluding carboxylic acids is 2. The lowest BCUT2D eigenvalue weighted by atomic mass is 9.94. The van der Waals surface area contributed by atoms with Crippen molar-refractivity contribution in [2.45, 2.75) is 77.3 Å². The zero-order valence-electron chi connectivity index (χ0n) is 18.8. The first kappa shape index (κ1) is 22.8. The molecule has 0 bridgehead atoms. The van der Waals surface area contributed by atoms with E-state index in [1.807, 2.05) is 25.1 Å². The maximum Gasteiger partial charge on any atom is 0.237 e. The Hall–Kier alpha value is -1.88. The predicted octanol–water partition coefficient (Wildman–Crippen LogP) is 4.15. The Bertz CT molecular complexity index is 662. The van der Waals surface area contributed by atoms with Crippen molar-refractivity contribution in [2.75, 3.05) is 26.2 Å². The minimum atomic E-state index is -0.165. The van der Waals surface area contributed by atoms with Crippen LogP contribution in [0.4, 0.5) is 0 Å². The molecule has 0 radical (unpaired) electrons. The summed E-state index contributed by atoms with van der Waals surface area (Å²) >= 11 is 0. The molecule has 2 atom stereocenters. The molecule has 0 aliphatic carbocycles. The summed E-state index contributed by atoms with van der Waals surface area (Å²) in [7, 11) is 0. The molecular formula is C25H39N3O2. The highest BCUT2D eigenvalue weighted by molar-refractivity contribution is 5.82. The van der Waals surface area contributed by atoms with Crippen LogP contribution in [0.3, 0.4) is 0 Å². The average Bonchev–Trinajstić information content (AvgIpc) is 3.08. The summed E-state index contributed by atoms with van der Waals surface area (Å²) in [5.41, 5.74) is 1.17. The Morgan fingerprint density at radius 2 is 1.63 bits per heavy atom. The molecule has 3 rings (SSSR count). The monoisotopic (exact) mass is 413 g/mol. The third-order valence-electron chi connectivity index (χ3n) is 6.82. The van der Waals surface area contributed by atoms with Crippen molar-refractivity contribution in [1.82, 2.24) is 15.1 Å². The van der Waals surface area contributed by atoms with E-state index in [-0.39, 0.29) is 23.9 Å². The van der Waals surface area contributed by atoms with Gasteiger partial charge >= 0.3 is 0 Å². The number of piperidine rings is 1. The molecule has 30 heavy (non-hydrogen) atoms. The SMILES string of the molecule is CCCC(NC(=O)C(C)N1CCC(C(=O)N2CCCCCC2)CC1)c1ccccc1. The number of hydrogen-bond acceptors (Lipinski definition) is 3. The van der Waals surface area contributed by atoms with E-state index in [1.165, 1.54) is 18.4 Å². The first-order valence-electron chi connectivity index (χ1n) is 12.0. The first-order chi connectivity index (χ1) is 14.6. The fraction of sp³-hybridized carbons (Fsp3) is 0.680. The summed E-state index contributed by atoms with van der Waals surface area (Å²) in [6, 6.07) is 10.1. The summed E-state index contributed by atoms with van der Waals surface area (Å²) in [5.74, 6) is 0.571. The predicted molar refractivity (Wildman–Crippen MR) is 121 cm³/mol. The van der Waals surface area contributed by atoms with Crippen LogP contribution in [0.2, 0.25) is 0 Å². The van der Waals surface area contributed by atoms with E-state index in [1.54, 1.807) is 0 Å². The number of likely N-dealkylation sites (tertiary alicyclic amines) is 2. The Morgan fingerprint density at radius 1 is 1.00 bits per heavy atom. The molecule has 0 aromatic heterocycles. The third kappa shape index (κ3) is 6.07. The van der Waals surface area contributed by atoms with E-state index in [0.717, 1.165) is 64.7 Å². The Labute approximate surface area is 182 Å². The number of amides is 2. The molecule has 0 saturated carbocycles. The van der Waals surface area contributed by atoms with Crippen molar-refractivity contribution in [3.05, 3.63) is 35.9 Å². The third-order valence-corrected chi connectivity index (χ3v) is 6.82. The highest BCUT2D eigenvalue weighted by Gasteiger charge is 2.32. The van der Waals surface area contributed by atoms with Gasteiger partial charge in [0.15, 0.2) is 0 Å². The normalized spacial score (nSPS) is 20.9. The van der Waals surface area contributed by atoms with Gasteiger partial charge in [-0.15, -0.1) is 0 Å². The van der Waals surface area contributed by atoms with Gasteiger partial charge in [-0.2, -0.15) is 0 Å². The summed E-state index contributed by atoms with van der Waals surface area (Å²) < 4.78 is 0. The van der Waals surface area contributed by atoms with Crippen molar-refractivity contribution in [2.24, 2.45) is 5.92 Å². The Morgan fingerprint density at radius 3 is 2.23 bits per heavy atom. The highest BCUT2D eigenvalue weighted by Crippen LogP contribution is 2.24. The maximum atomic E-state index is 13.0. The number of benzene rings is 1. The summed E-state index contributed by atoms with van der Waals surface area (Å²) in [6.45, 7) is 7.65. The number of nitrogens with one attached hydrogen (secondary N) is 1. The van der Waals surface area contributed by atoms with Crippen LogP contribution in [-0.4, -0.2) is 53.8 Å². The van der Waals surface area contributed by atoms with Gasteiger partial charge in [0.2, 0.25) is 11.8 Å².